The molecule has 16 heavy (non-hydrogen) atoms. The molecular formula is C10H11NO3S2. The molecule has 1 aliphatic rings. The van der Waals surface area contributed by atoms with Crippen molar-refractivity contribution >= 4 is 40.7 Å². The Morgan fingerprint density at radius 1 is 1.62 bits per heavy atom. The summed E-state index contributed by atoms with van der Waals surface area (Å²) < 4.78 is 5.68. The van der Waals surface area contributed by atoms with Gasteiger partial charge >= 0.3 is 5.97 Å². The van der Waals surface area contributed by atoms with Gasteiger partial charge in [0.25, 0.3) is 0 Å². The Labute approximate surface area is 102 Å². The molecule has 1 amide bonds. The van der Waals surface area contributed by atoms with Crippen LogP contribution in [-0.2, 0) is 9.53 Å². The third-order valence-electron chi connectivity index (χ3n) is 2.30. The van der Waals surface area contributed by atoms with E-state index >= 15 is 0 Å². The lowest BCUT2D eigenvalue weighted by atomic mass is 10.3. The van der Waals surface area contributed by atoms with Crippen molar-refractivity contribution in [3.8, 4) is 0 Å². The highest BCUT2D eigenvalue weighted by atomic mass is 32.2. The number of esters is 1. The molecule has 1 aromatic rings. The minimum atomic E-state index is -0.344. The van der Waals surface area contributed by atoms with E-state index < -0.39 is 0 Å². The average molecular weight is 257 g/mol. The standard InChI is InChI=1S/C10H11NO3S2/c1-3-11-6-4-7(9(13)14-2)16-10(6)15-5-8(11)12/h4H,3,5H2,1-2H3. The zero-order valence-electron chi connectivity index (χ0n) is 8.98. The Hall–Kier alpha value is -1.01. The SMILES string of the molecule is CCN1C(=O)CSc2sc(C(=O)OC)cc21. The molecule has 1 aliphatic heterocycles. The second-order valence-electron chi connectivity index (χ2n) is 3.20. The van der Waals surface area contributed by atoms with Crippen LogP contribution in [0.4, 0.5) is 5.69 Å². The molecule has 0 bridgehead atoms. The van der Waals surface area contributed by atoms with Gasteiger partial charge in [-0.25, -0.2) is 4.79 Å². The summed E-state index contributed by atoms with van der Waals surface area (Å²) >= 11 is 2.87. The number of thiophene rings is 1. The zero-order chi connectivity index (χ0) is 11.7. The molecule has 86 valence electrons. The van der Waals surface area contributed by atoms with Crippen LogP contribution in [0.25, 0.3) is 0 Å². The van der Waals surface area contributed by atoms with E-state index in [0.717, 1.165) is 9.90 Å². The maximum Gasteiger partial charge on any atom is 0.348 e. The first kappa shape index (κ1) is 11.5. The van der Waals surface area contributed by atoms with Gasteiger partial charge < -0.3 is 9.64 Å². The van der Waals surface area contributed by atoms with Crippen LogP contribution in [0, 0.1) is 0 Å². The predicted octanol–water partition coefficient (Wildman–Crippen LogP) is 1.99. The van der Waals surface area contributed by atoms with Gasteiger partial charge in [-0.05, 0) is 13.0 Å². The number of ether oxygens (including phenoxy) is 1. The summed E-state index contributed by atoms with van der Waals surface area (Å²) in [5.41, 5.74) is 0.842. The Bertz CT molecular complexity index is 441. The summed E-state index contributed by atoms with van der Waals surface area (Å²) in [6.45, 7) is 2.55. The lowest BCUT2D eigenvalue weighted by molar-refractivity contribution is -0.116. The van der Waals surface area contributed by atoms with E-state index in [4.69, 9.17) is 0 Å². The fourth-order valence-corrected chi connectivity index (χ4v) is 3.76. The van der Waals surface area contributed by atoms with Crippen LogP contribution in [0.3, 0.4) is 0 Å². The minimum Gasteiger partial charge on any atom is -0.465 e. The van der Waals surface area contributed by atoms with Crippen LogP contribution in [0.15, 0.2) is 10.3 Å². The van der Waals surface area contributed by atoms with E-state index in [1.807, 2.05) is 6.92 Å². The number of nitrogens with zero attached hydrogens (tertiary/aromatic N) is 1. The highest BCUT2D eigenvalue weighted by Crippen LogP contribution is 2.42. The summed E-state index contributed by atoms with van der Waals surface area (Å²) in [4.78, 5) is 25.3. The molecule has 2 rings (SSSR count). The van der Waals surface area contributed by atoms with E-state index in [1.165, 1.54) is 30.2 Å². The van der Waals surface area contributed by atoms with Crippen molar-refractivity contribution < 1.29 is 14.3 Å². The molecule has 0 aliphatic carbocycles. The third kappa shape index (κ3) is 1.82. The smallest absolute Gasteiger partial charge is 0.348 e. The average Bonchev–Trinajstić information content (AvgIpc) is 2.71. The third-order valence-corrected chi connectivity index (χ3v) is 4.67. The molecule has 0 spiro atoms. The highest BCUT2D eigenvalue weighted by molar-refractivity contribution is 8.02. The largest absolute Gasteiger partial charge is 0.465 e. The number of carbonyl (C=O) groups is 2. The topological polar surface area (TPSA) is 46.6 Å². The Morgan fingerprint density at radius 3 is 3.00 bits per heavy atom. The monoisotopic (exact) mass is 257 g/mol. The molecule has 0 fully saturated rings. The molecule has 0 radical (unpaired) electrons. The van der Waals surface area contributed by atoms with Gasteiger partial charge in [-0.1, -0.05) is 0 Å². The molecule has 2 heterocycles. The second kappa shape index (κ2) is 4.47. The van der Waals surface area contributed by atoms with Crippen LogP contribution in [0.2, 0.25) is 0 Å². The zero-order valence-corrected chi connectivity index (χ0v) is 10.6. The van der Waals surface area contributed by atoms with Crippen LogP contribution in [0.5, 0.6) is 0 Å². The van der Waals surface area contributed by atoms with Gasteiger partial charge in [-0.3, -0.25) is 4.79 Å². The van der Waals surface area contributed by atoms with Crippen molar-refractivity contribution in [3.05, 3.63) is 10.9 Å². The Morgan fingerprint density at radius 2 is 2.38 bits per heavy atom. The number of anilines is 1. The van der Waals surface area contributed by atoms with E-state index in [9.17, 15) is 9.59 Å². The maximum atomic E-state index is 11.6. The van der Waals surface area contributed by atoms with Gasteiger partial charge in [-0.2, -0.15) is 0 Å². The van der Waals surface area contributed by atoms with Crippen molar-refractivity contribution in [3.63, 3.8) is 0 Å². The van der Waals surface area contributed by atoms with E-state index in [0.29, 0.717) is 17.2 Å². The second-order valence-corrected chi connectivity index (χ2v) is 5.50. The van der Waals surface area contributed by atoms with Crippen LogP contribution in [0.1, 0.15) is 16.6 Å². The first-order chi connectivity index (χ1) is 7.67. The molecule has 1 aromatic heterocycles. The first-order valence-electron chi connectivity index (χ1n) is 4.82. The highest BCUT2D eigenvalue weighted by Gasteiger charge is 2.27. The van der Waals surface area contributed by atoms with Crippen molar-refractivity contribution in [2.75, 3.05) is 24.3 Å². The van der Waals surface area contributed by atoms with Crippen molar-refractivity contribution in [2.24, 2.45) is 0 Å². The Kier molecular flexibility index (Phi) is 3.20. The van der Waals surface area contributed by atoms with Gasteiger partial charge in [0.1, 0.15) is 4.88 Å². The summed E-state index contributed by atoms with van der Waals surface area (Å²) in [6.07, 6.45) is 0. The lowest BCUT2D eigenvalue weighted by Gasteiger charge is -2.24. The molecular weight excluding hydrogens is 246 g/mol. The fourth-order valence-electron chi connectivity index (χ4n) is 1.54. The maximum absolute atomic E-state index is 11.6. The molecule has 0 saturated carbocycles. The summed E-state index contributed by atoms with van der Waals surface area (Å²) in [6, 6.07) is 1.74. The minimum absolute atomic E-state index is 0.0919. The normalized spacial score (nSPS) is 14.9. The number of thioether (sulfide) groups is 1. The first-order valence-corrected chi connectivity index (χ1v) is 6.63. The van der Waals surface area contributed by atoms with Crippen molar-refractivity contribution in [2.45, 2.75) is 11.1 Å². The van der Waals surface area contributed by atoms with Crippen molar-refractivity contribution in [1.29, 1.82) is 0 Å². The number of carbonyl (C=O) groups excluding carboxylic acids is 2. The molecule has 0 atom stereocenters. The molecule has 4 nitrogen and oxygen atoms in total. The molecule has 0 N–H and O–H groups in total. The fraction of sp³-hybridized carbons (Fsp3) is 0.400. The summed E-state index contributed by atoms with van der Waals surface area (Å²) in [5.74, 6) is 0.194. The molecule has 0 aromatic carbocycles. The quantitative estimate of drug-likeness (QED) is 0.760. The Balaban J connectivity index is 2.39. The van der Waals surface area contributed by atoms with E-state index in [1.54, 1.807) is 11.0 Å². The number of amides is 1. The van der Waals surface area contributed by atoms with Gasteiger partial charge in [0.2, 0.25) is 5.91 Å². The summed E-state index contributed by atoms with van der Waals surface area (Å²) in [5, 5.41) is 0. The molecule has 6 heteroatoms. The summed E-state index contributed by atoms with van der Waals surface area (Å²) in [7, 11) is 1.36. The van der Waals surface area contributed by atoms with Gasteiger partial charge in [0.15, 0.2) is 0 Å². The predicted molar refractivity (Wildman–Crippen MR) is 64.4 cm³/mol. The number of hydrogen-bond donors (Lipinski definition) is 0. The van der Waals surface area contributed by atoms with Gasteiger partial charge in [-0.15, -0.1) is 23.1 Å². The van der Waals surface area contributed by atoms with Gasteiger partial charge in [0.05, 0.1) is 22.8 Å². The number of rotatable bonds is 2. The van der Waals surface area contributed by atoms with Crippen LogP contribution < -0.4 is 4.90 Å². The number of hydrogen-bond acceptors (Lipinski definition) is 5. The van der Waals surface area contributed by atoms with E-state index in [2.05, 4.69) is 4.74 Å². The van der Waals surface area contributed by atoms with E-state index in [-0.39, 0.29) is 11.9 Å². The molecule has 0 unspecified atom stereocenters. The van der Waals surface area contributed by atoms with Crippen LogP contribution in [-0.4, -0.2) is 31.3 Å². The molecule has 0 saturated heterocycles. The lowest BCUT2D eigenvalue weighted by Crippen LogP contribution is -2.34. The number of methoxy groups -OCH3 is 1. The number of fused-ring (bicyclic) bond motifs is 1. The van der Waals surface area contributed by atoms with Crippen LogP contribution >= 0.6 is 23.1 Å². The van der Waals surface area contributed by atoms with Gasteiger partial charge in [0, 0.05) is 6.54 Å². The van der Waals surface area contributed by atoms with Crippen molar-refractivity contribution in [1.82, 2.24) is 0 Å².